The molecule has 0 unspecified atom stereocenters. The molecular formula is C26H36N2O2S. The molecule has 0 aromatic heterocycles. The van der Waals surface area contributed by atoms with Crippen molar-refractivity contribution in [1.82, 2.24) is 10.2 Å². The van der Waals surface area contributed by atoms with E-state index < -0.39 is 6.04 Å². The first-order chi connectivity index (χ1) is 14.8. The highest BCUT2D eigenvalue weighted by molar-refractivity contribution is 7.99. The molecule has 2 rings (SSSR count). The Labute approximate surface area is 191 Å². The third-order valence-corrected chi connectivity index (χ3v) is 6.46. The zero-order valence-electron chi connectivity index (χ0n) is 19.5. The van der Waals surface area contributed by atoms with Gasteiger partial charge in [0.1, 0.15) is 6.04 Å². The number of benzene rings is 2. The molecule has 0 spiro atoms. The summed E-state index contributed by atoms with van der Waals surface area (Å²) in [5.74, 6) is 1.07. The number of thioether (sulfide) groups is 1. The van der Waals surface area contributed by atoms with Crippen LogP contribution in [0.4, 0.5) is 0 Å². The van der Waals surface area contributed by atoms with Gasteiger partial charge in [-0.1, -0.05) is 73.5 Å². The summed E-state index contributed by atoms with van der Waals surface area (Å²) in [4.78, 5) is 27.9. The normalized spacial score (nSPS) is 12.8. The van der Waals surface area contributed by atoms with Crippen LogP contribution >= 0.6 is 11.8 Å². The van der Waals surface area contributed by atoms with Crippen LogP contribution in [0.3, 0.4) is 0 Å². The fraction of sp³-hybridized carbons (Fsp3) is 0.462. The van der Waals surface area contributed by atoms with Crippen molar-refractivity contribution >= 4 is 23.6 Å². The van der Waals surface area contributed by atoms with Crippen molar-refractivity contribution in [1.29, 1.82) is 0 Å². The minimum absolute atomic E-state index is 0.00355. The molecule has 4 nitrogen and oxygen atoms in total. The van der Waals surface area contributed by atoms with E-state index in [4.69, 9.17) is 0 Å². The van der Waals surface area contributed by atoms with Gasteiger partial charge in [0.15, 0.2) is 0 Å². The average Bonchev–Trinajstić information content (AvgIpc) is 2.76. The maximum Gasteiger partial charge on any atom is 0.243 e. The van der Waals surface area contributed by atoms with Gasteiger partial charge < -0.3 is 10.2 Å². The maximum absolute atomic E-state index is 13.2. The maximum atomic E-state index is 13.2. The highest BCUT2D eigenvalue weighted by Gasteiger charge is 2.29. The van der Waals surface area contributed by atoms with Gasteiger partial charge in [-0.15, -0.1) is 11.8 Å². The second-order valence-corrected chi connectivity index (χ2v) is 9.21. The molecule has 0 heterocycles. The van der Waals surface area contributed by atoms with E-state index in [0.717, 1.165) is 17.7 Å². The number of hydrogen-bond donors (Lipinski definition) is 1. The van der Waals surface area contributed by atoms with Crippen LogP contribution < -0.4 is 5.32 Å². The van der Waals surface area contributed by atoms with Gasteiger partial charge >= 0.3 is 0 Å². The zero-order valence-corrected chi connectivity index (χ0v) is 20.3. The lowest BCUT2D eigenvalue weighted by Crippen LogP contribution is -2.51. The second kappa shape index (κ2) is 12.6. The topological polar surface area (TPSA) is 49.4 Å². The van der Waals surface area contributed by atoms with Gasteiger partial charge in [-0.2, -0.15) is 0 Å². The van der Waals surface area contributed by atoms with Crippen LogP contribution in [0.2, 0.25) is 0 Å². The van der Waals surface area contributed by atoms with Crippen molar-refractivity contribution in [3.63, 3.8) is 0 Å². The fourth-order valence-corrected chi connectivity index (χ4v) is 4.14. The molecule has 0 saturated carbocycles. The predicted molar refractivity (Wildman–Crippen MR) is 131 cm³/mol. The molecular weight excluding hydrogens is 404 g/mol. The number of amides is 2. The number of rotatable bonds is 11. The average molecular weight is 441 g/mol. The second-order valence-electron chi connectivity index (χ2n) is 8.23. The van der Waals surface area contributed by atoms with Gasteiger partial charge in [0.2, 0.25) is 11.8 Å². The van der Waals surface area contributed by atoms with Crippen LogP contribution in [0.5, 0.6) is 0 Å². The van der Waals surface area contributed by atoms with Crippen molar-refractivity contribution in [2.75, 3.05) is 5.75 Å². The van der Waals surface area contributed by atoms with E-state index in [1.165, 1.54) is 16.7 Å². The molecule has 0 saturated heterocycles. The number of hydrogen-bond acceptors (Lipinski definition) is 3. The third-order valence-electron chi connectivity index (χ3n) is 5.48. The van der Waals surface area contributed by atoms with Crippen LogP contribution in [-0.2, 0) is 21.9 Å². The SMILES string of the molecule is CC[C@@H](C)NC(=O)[C@@H](CC)N(Cc1ccc(C)cc1)C(=O)CSCc1ccc(C)cc1. The zero-order chi connectivity index (χ0) is 22.8. The minimum Gasteiger partial charge on any atom is -0.352 e. The van der Waals surface area contributed by atoms with Crippen molar-refractivity contribution in [3.05, 3.63) is 70.8 Å². The summed E-state index contributed by atoms with van der Waals surface area (Å²) >= 11 is 1.60. The predicted octanol–water partition coefficient (Wildman–Crippen LogP) is 5.26. The molecule has 0 bridgehead atoms. The monoisotopic (exact) mass is 440 g/mol. The molecule has 168 valence electrons. The molecule has 2 aromatic rings. The lowest BCUT2D eigenvalue weighted by molar-refractivity contribution is -0.139. The quantitative estimate of drug-likeness (QED) is 0.519. The van der Waals surface area contributed by atoms with E-state index in [1.807, 2.05) is 52.0 Å². The van der Waals surface area contributed by atoms with Gasteiger partial charge in [-0.3, -0.25) is 9.59 Å². The molecule has 0 radical (unpaired) electrons. The van der Waals surface area contributed by atoms with Crippen LogP contribution in [0, 0.1) is 13.8 Å². The molecule has 2 amide bonds. The molecule has 2 atom stereocenters. The van der Waals surface area contributed by atoms with E-state index in [1.54, 1.807) is 16.7 Å². The molecule has 0 aliphatic heterocycles. The van der Waals surface area contributed by atoms with E-state index >= 15 is 0 Å². The van der Waals surface area contributed by atoms with Gasteiger partial charge in [-0.25, -0.2) is 0 Å². The highest BCUT2D eigenvalue weighted by atomic mass is 32.2. The summed E-state index contributed by atoms with van der Waals surface area (Å²) in [6.07, 6.45) is 1.45. The fourth-order valence-electron chi connectivity index (χ4n) is 3.27. The van der Waals surface area contributed by atoms with Crippen LogP contribution in [0.1, 0.15) is 55.9 Å². The number of carbonyl (C=O) groups excluding carboxylic acids is 2. The first kappa shape index (κ1) is 25.0. The van der Waals surface area contributed by atoms with Crippen molar-refractivity contribution in [3.8, 4) is 0 Å². The summed E-state index contributed by atoms with van der Waals surface area (Å²) in [6, 6.07) is 16.2. The largest absolute Gasteiger partial charge is 0.352 e. The Morgan fingerprint density at radius 1 is 0.903 bits per heavy atom. The Kier molecular flexibility index (Phi) is 10.1. The van der Waals surface area contributed by atoms with E-state index in [2.05, 4.69) is 36.5 Å². The Morgan fingerprint density at radius 3 is 1.97 bits per heavy atom. The number of carbonyl (C=O) groups is 2. The first-order valence-corrected chi connectivity index (χ1v) is 12.3. The van der Waals surface area contributed by atoms with Crippen LogP contribution in [-0.4, -0.2) is 34.6 Å². The number of aryl methyl sites for hydroxylation is 2. The molecule has 1 N–H and O–H groups in total. The summed E-state index contributed by atoms with van der Waals surface area (Å²) in [5, 5.41) is 3.06. The Hall–Kier alpha value is -2.27. The molecule has 31 heavy (non-hydrogen) atoms. The van der Waals surface area contributed by atoms with Crippen LogP contribution in [0.25, 0.3) is 0 Å². The first-order valence-electron chi connectivity index (χ1n) is 11.1. The van der Waals surface area contributed by atoms with E-state index in [0.29, 0.717) is 18.7 Å². The lowest BCUT2D eigenvalue weighted by Gasteiger charge is -2.31. The molecule has 0 fully saturated rings. The standard InChI is InChI=1S/C26H36N2O2S/c1-6-21(5)27-26(30)24(7-2)28(16-22-12-8-19(3)9-13-22)25(29)18-31-17-23-14-10-20(4)11-15-23/h8-15,21,24H,6-7,16-18H2,1-5H3,(H,27,30)/t21-,24-/m1/s1. The highest BCUT2D eigenvalue weighted by Crippen LogP contribution is 2.18. The van der Waals surface area contributed by atoms with Crippen molar-refractivity contribution in [2.24, 2.45) is 0 Å². The van der Waals surface area contributed by atoms with E-state index in [9.17, 15) is 9.59 Å². The smallest absolute Gasteiger partial charge is 0.243 e. The van der Waals surface area contributed by atoms with Gasteiger partial charge in [0.25, 0.3) is 0 Å². The Balaban J connectivity index is 2.12. The number of nitrogens with one attached hydrogen (secondary N) is 1. The Bertz CT molecular complexity index is 833. The summed E-state index contributed by atoms with van der Waals surface area (Å²) in [5.41, 5.74) is 4.65. The molecule has 0 aliphatic carbocycles. The van der Waals surface area contributed by atoms with E-state index in [-0.39, 0.29) is 17.9 Å². The minimum atomic E-state index is -0.470. The van der Waals surface area contributed by atoms with Crippen molar-refractivity contribution in [2.45, 2.75) is 71.8 Å². The van der Waals surface area contributed by atoms with Gasteiger partial charge in [0, 0.05) is 18.3 Å². The lowest BCUT2D eigenvalue weighted by atomic mass is 10.1. The third kappa shape index (κ3) is 8.06. The van der Waals surface area contributed by atoms with Crippen molar-refractivity contribution < 1.29 is 9.59 Å². The molecule has 0 aliphatic rings. The summed E-state index contributed by atoms with van der Waals surface area (Å²) in [6.45, 7) is 10.6. The molecule has 2 aromatic carbocycles. The summed E-state index contributed by atoms with van der Waals surface area (Å²) < 4.78 is 0. The van der Waals surface area contributed by atoms with Gasteiger partial charge in [-0.05, 0) is 44.7 Å². The molecule has 5 heteroatoms. The van der Waals surface area contributed by atoms with Gasteiger partial charge in [0.05, 0.1) is 5.75 Å². The summed E-state index contributed by atoms with van der Waals surface area (Å²) in [7, 11) is 0. The van der Waals surface area contributed by atoms with Crippen LogP contribution in [0.15, 0.2) is 48.5 Å². The Morgan fingerprint density at radius 2 is 1.45 bits per heavy atom. The number of nitrogens with zero attached hydrogens (tertiary/aromatic N) is 1.